The smallest absolute Gasteiger partial charge is 0.303 e. The third-order valence-electron chi connectivity index (χ3n) is 5.53. The van der Waals surface area contributed by atoms with Crippen molar-refractivity contribution >= 4 is 49.3 Å². The van der Waals surface area contributed by atoms with Gasteiger partial charge in [-0.15, -0.1) is 11.3 Å². The Bertz CT molecular complexity index is 1350. The summed E-state index contributed by atoms with van der Waals surface area (Å²) in [6.45, 7) is 0.553. The summed E-state index contributed by atoms with van der Waals surface area (Å²) in [6, 6.07) is 13.2. The molecule has 0 saturated heterocycles. The second kappa shape index (κ2) is 13.2. The van der Waals surface area contributed by atoms with Gasteiger partial charge in [0.1, 0.15) is 26.7 Å². The van der Waals surface area contributed by atoms with E-state index in [9.17, 15) is 18.0 Å². The molecule has 0 unspecified atom stereocenters. The molecule has 204 valence electrons. The number of methoxy groups -OCH3 is 2. The number of carbonyl (C=O) groups is 2. The summed E-state index contributed by atoms with van der Waals surface area (Å²) in [7, 11) is 1.68. The number of benzene rings is 2. The van der Waals surface area contributed by atoms with Crippen LogP contribution in [0.25, 0.3) is 0 Å². The van der Waals surface area contributed by atoms with Crippen molar-refractivity contribution in [3.8, 4) is 11.5 Å². The summed E-state index contributed by atoms with van der Waals surface area (Å²) in [6.07, 6.45) is 1.46. The molecule has 3 rings (SSSR count). The van der Waals surface area contributed by atoms with Crippen molar-refractivity contribution in [3.05, 3.63) is 74.1 Å². The number of carbonyl (C=O) groups excluding carboxylic acids is 2. The molecule has 0 bridgehead atoms. The van der Waals surface area contributed by atoms with Gasteiger partial charge in [-0.1, -0.05) is 30.3 Å². The summed E-state index contributed by atoms with van der Waals surface area (Å²) < 4.78 is 38.2. The molecule has 1 aromatic heterocycles. The topological polar surface area (TPSA) is 118 Å². The number of aryl methyl sites for hydroxylation is 1. The maximum atomic E-state index is 13.7. The highest BCUT2D eigenvalue weighted by atomic mass is 79.9. The van der Waals surface area contributed by atoms with Crippen LogP contribution in [0, 0.1) is 0 Å². The quantitative estimate of drug-likeness (QED) is 0.326. The lowest BCUT2D eigenvalue weighted by molar-refractivity contribution is 0.0740. The Morgan fingerprint density at radius 3 is 2.29 bits per heavy atom. The Morgan fingerprint density at radius 1 is 1.08 bits per heavy atom. The molecule has 13 heteroatoms. The largest absolute Gasteiger partial charge is 0.495 e. The Hall–Kier alpha value is -3.00. The van der Waals surface area contributed by atoms with Crippen LogP contribution in [0.1, 0.15) is 37.8 Å². The first-order chi connectivity index (χ1) is 18.1. The fourth-order valence-electron chi connectivity index (χ4n) is 3.46. The molecule has 10 nitrogen and oxygen atoms in total. The van der Waals surface area contributed by atoms with Gasteiger partial charge >= 0.3 is 10.2 Å². The van der Waals surface area contributed by atoms with Gasteiger partial charge in [-0.05, 0) is 46.5 Å². The normalized spacial score (nSPS) is 11.3. The Balaban J connectivity index is 1.84. The average molecular weight is 626 g/mol. The van der Waals surface area contributed by atoms with Crippen molar-refractivity contribution in [3.63, 3.8) is 0 Å². The predicted octanol–water partition coefficient (Wildman–Crippen LogP) is 3.73. The van der Waals surface area contributed by atoms with Crippen LogP contribution in [0.15, 0.2) is 52.3 Å². The number of aromatic nitrogens is 1. The number of ether oxygens (including phenoxy) is 2. The minimum absolute atomic E-state index is 0.0425. The molecule has 0 atom stereocenters. The van der Waals surface area contributed by atoms with Crippen LogP contribution in [0.4, 0.5) is 0 Å². The minimum atomic E-state index is -3.96. The number of rotatable bonds is 12. The van der Waals surface area contributed by atoms with Gasteiger partial charge in [0.05, 0.1) is 20.8 Å². The Labute approximate surface area is 234 Å². The maximum absolute atomic E-state index is 13.7. The lowest BCUT2D eigenvalue weighted by Crippen LogP contribution is -2.39. The molecule has 3 aromatic rings. The van der Waals surface area contributed by atoms with Gasteiger partial charge in [-0.2, -0.15) is 12.7 Å². The van der Waals surface area contributed by atoms with E-state index in [0.717, 1.165) is 16.3 Å². The van der Waals surface area contributed by atoms with E-state index in [4.69, 9.17) is 9.47 Å². The van der Waals surface area contributed by atoms with Gasteiger partial charge in [-0.25, -0.2) is 9.71 Å². The van der Waals surface area contributed by atoms with E-state index in [0.29, 0.717) is 39.5 Å². The van der Waals surface area contributed by atoms with Crippen LogP contribution in [-0.2, 0) is 23.2 Å². The van der Waals surface area contributed by atoms with Crippen LogP contribution >= 0.6 is 27.3 Å². The van der Waals surface area contributed by atoms with Crippen molar-refractivity contribution in [2.24, 2.45) is 0 Å². The van der Waals surface area contributed by atoms with Crippen molar-refractivity contribution in [2.75, 3.05) is 34.9 Å². The van der Waals surface area contributed by atoms with Gasteiger partial charge in [0.15, 0.2) is 0 Å². The Kier molecular flexibility index (Phi) is 10.3. The van der Waals surface area contributed by atoms with Gasteiger partial charge in [-0.3, -0.25) is 9.59 Å². The number of amides is 2. The standard InChI is InChI=1S/C25H29BrN4O6S2/c1-29(2)38(33,34)28-24(31)19-16-37-22(27-19)15-30(12-8-11-17-9-6-5-7-10-17)25(32)18-13-20(35-3)23(26)21(14-18)36-4/h5-7,9-10,13-14,16H,8,11-12,15H2,1-4H3,(H,28,31). The molecule has 0 radical (unpaired) electrons. The summed E-state index contributed by atoms with van der Waals surface area (Å²) in [5, 5.41) is 1.95. The number of halogens is 1. The number of nitrogens with one attached hydrogen (secondary N) is 1. The predicted molar refractivity (Wildman–Crippen MR) is 149 cm³/mol. The molecular formula is C25H29BrN4O6S2. The molecule has 2 amide bonds. The molecule has 0 aliphatic carbocycles. The van der Waals surface area contributed by atoms with E-state index in [1.165, 1.54) is 45.0 Å². The maximum Gasteiger partial charge on any atom is 0.303 e. The first-order valence-electron chi connectivity index (χ1n) is 11.5. The summed E-state index contributed by atoms with van der Waals surface area (Å²) >= 11 is 4.59. The zero-order chi connectivity index (χ0) is 27.9. The van der Waals surface area contributed by atoms with E-state index in [2.05, 4.69) is 20.9 Å². The molecular weight excluding hydrogens is 596 g/mol. The zero-order valence-electron chi connectivity index (χ0n) is 21.4. The van der Waals surface area contributed by atoms with Crippen LogP contribution in [0.3, 0.4) is 0 Å². The highest BCUT2D eigenvalue weighted by Gasteiger charge is 2.23. The van der Waals surface area contributed by atoms with Crippen molar-refractivity contribution in [1.82, 2.24) is 18.9 Å². The van der Waals surface area contributed by atoms with E-state index >= 15 is 0 Å². The summed E-state index contributed by atoms with van der Waals surface area (Å²) in [4.78, 5) is 32.0. The number of thiazole rings is 1. The molecule has 0 aliphatic heterocycles. The number of nitrogens with zero attached hydrogens (tertiary/aromatic N) is 3. The van der Waals surface area contributed by atoms with Gasteiger partial charge < -0.3 is 14.4 Å². The lowest BCUT2D eigenvalue weighted by atomic mass is 10.1. The fourth-order valence-corrected chi connectivity index (χ4v) is 5.32. The van der Waals surface area contributed by atoms with E-state index in [1.807, 2.05) is 35.1 Å². The molecule has 0 saturated carbocycles. The van der Waals surface area contributed by atoms with Gasteiger partial charge in [0.25, 0.3) is 11.8 Å². The van der Waals surface area contributed by atoms with Gasteiger partial charge in [0.2, 0.25) is 0 Å². The third-order valence-corrected chi connectivity index (χ3v) is 8.55. The first-order valence-corrected chi connectivity index (χ1v) is 14.6. The summed E-state index contributed by atoms with van der Waals surface area (Å²) in [5.41, 5.74) is 1.48. The van der Waals surface area contributed by atoms with E-state index in [1.54, 1.807) is 17.0 Å². The van der Waals surface area contributed by atoms with E-state index in [-0.39, 0.29) is 18.1 Å². The third kappa shape index (κ3) is 7.53. The van der Waals surface area contributed by atoms with Crippen molar-refractivity contribution < 1.29 is 27.5 Å². The molecule has 1 heterocycles. The fraction of sp³-hybridized carbons (Fsp3) is 0.320. The SMILES string of the molecule is COc1cc(C(=O)N(CCCc2ccccc2)Cc2nc(C(=O)NS(=O)(=O)N(C)C)cs2)cc(OC)c1Br. The molecule has 0 spiro atoms. The second-order valence-corrected chi connectivity index (χ2v) is 12.0. The first kappa shape index (κ1) is 29.6. The van der Waals surface area contributed by atoms with E-state index < -0.39 is 16.1 Å². The summed E-state index contributed by atoms with van der Waals surface area (Å²) in [5.74, 6) is -0.205. The average Bonchev–Trinajstić information content (AvgIpc) is 3.37. The molecule has 38 heavy (non-hydrogen) atoms. The van der Waals surface area contributed by atoms with Crippen LogP contribution in [-0.4, -0.2) is 69.3 Å². The molecule has 0 aliphatic rings. The molecule has 2 aromatic carbocycles. The highest BCUT2D eigenvalue weighted by molar-refractivity contribution is 9.10. The minimum Gasteiger partial charge on any atom is -0.495 e. The van der Waals surface area contributed by atoms with Gasteiger partial charge in [0, 0.05) is 31.6 Å². The highest BCUT2D eigenvalue weighted by Crippen LogP contribution is 2.36. The second-order valence-electron chi connectivity index (χ2n) is 8.36. The molecule has 1 N–H and O–H groups in total. The van der Waals surface area contributed by atoms with Crippen LogP contribution in [0.5, 0.6) is 11.5 Å². The monoisotopic (exact) mass is 624 g/mol. The zero-order valence-corrected chi connectivity index (χ0v) is 24.7. The number of hydrogen-bond donors (Lipinski definition) is 1. The van der Waals surface area contributed by atoms with Crippen LogP contribution < -0.4 is 14.2 Å². The lowest BCUT2D eigenvalue weighted by Gasteiger charge is -2.23. The van der Waals surface area contributed by atoms with Crippen LogP contribution in [0.2, 0.25) is 0 Å². The van der Waals surface area contributed by atoms with Crippen molar-refractivity contribution in [2.45, 2.75) is 19.4 Å². The Morgan fingerprint density at radius 2 is 1.71 bits per heavy atom. The number of hydrogen-bond acceptors (Lipinski definition) is 8. The molecule has 0 fully saturated rings. The van der Waals surface area contributed by atoms with Crippen molar-refractivity contribution in [1.29, 1.82) is 0 Å².